The maximum atomic E-state index is 13.2. The zero-order chi connectivity index (χ0) is 21.9. The number of aromatic nitrogens is 2. The second-order valence-corrected chi connectivity index (χ2v) is 8.67. The summed E-state index contributed by atoms with van der Waals surface area (Å²) in [6.07, 6.45) is 0.978. The van der Waals surface area contributed by atoms with Gasteiger partial charge in [-0.1, -0.05) is 35.0 Å². The monoisotopic (exact) mass is 432 g/mol. The number of sulfonamides is 1. The molecule has 0 bridgehead atoms. The molecule has 0 aliphatic heterocycles. The molecule has 0 aliphatic rings. The first kappa shape index (κ1) is 21.4. The van der Waals surface area contributed by atoms with Crippen LogP contribution in [0.25, 0.3) is 11.4 Å². The number of nitrogens with one attached hydrogen (secondary N) is 1. The van der Waals surface area contributed by atoms with Gasteiger partial charge in [0, 0.05) is 5.56 Å². The van der Waals surface area contributed by atoms with Crippen LogP contribution in [0.15, 0.2) is 53.1 Å². The zero-order valence-corrected chi connectivity index (χ0v) is 17.5. The summed E-state index contributed by atoms with van der Waals surface area (Å²) in [7, 11) is -3.79. The van der Waals surface area contributed by atoms with Gasteiger partial charge in [0.1, 0.15) is 11.9 Å². The van der Waals surface area contributed by atoms with E-state index in [1.807, 2.05) is 31.2 Å². The summed E-state index contributed by atoms with van der Waals surface area (Å²) in [5.41, 5.74) is 2.05. The van der Waals surface area contributed by atoms with Crippen molar-refractivity contribution < 1.29 is 22.1 Å². The number of anilines is 1. The number of nitrogens with zero attached hydrogens (tertiary/aromatic N) is 3. The molecule has 30 heavy (non-hydrogen) atoms. The third kappa shape index (κ3) is 5.01. The molecule has 1 atom stereocenters. The van der Waals surface area contributed by atoms with Gasteiger partial charge >= 0.3 is 0 Å². The maximum Gasteiger partial charge on any atom is 0.246 e. The minimum atomic E-state index is -3.79. The highest BCUT2D eigenvalue weighted by atomic mass is 32.2. The third-order valence-electron chi connectivity index (χ3n) is 4.36. The number of carbonyl (C=O) groups excluding carboxylic acids is 1. The van der Waals surface area contributed by atoms with E-state index in [4.69, 9.17) is 4.52 Å². The Balaban J connectivity index is 1.70. The Morgan fingerprint density at radius 3 is 2.40 bits per heavy atom. The molecule has 158 valence electrons. The number of halogens is 1. The van der Waals surface area contributed by atoms with E-state index < -0.39 is 27.8 Å². The first-order valence-electron chi connectivity index (χ1n) is 9.07. The molecule has 0 radical (unpaired) electrons. The molecule has 1 amide bonds. The lowest BCUT2D eigenvalue weighted by molar-refractivity contribution is -0.122. The first-order valence-corrected chi connectivity index (χ1v) is 10.9. The Morgan fingerprint density at radius 1 is 1.17 bits per heavy atom. The third-order valence-corrected chi connectivity index (χ3v) is 5.60. The zero-order valence-electron chi connectivity index (χ0n) is 16.7. The fourth-order valence-electron chi connectivity index (χ4n) is 2.85. The van der Waals surface area contributed by atoms with Crippen molar-refractivity contribution in [1.29, 1.82) is 0 Å². The highest BCUT2D eigenvalue weighted by molar-refractivity contribution is 7.92. The predicted octanol–water partition coefficient (Wildman–Crippen LogP) is 2.66. The van der Waals surface area contributed by atoms with E-state index in [0.717, 1.165) is 33.8 Å². The number of rotatable bonds is 7. The molecule has 1 N–H and O–H groups in total. The normalized spacial score (nSPS) is 12.4. The van der Waals surface area contributed by atoms with Crippen LogP contribution in [0.1, 0.15) is 18.4 Å². The first-order chi connectivity index (χ1) is 14.1. The molecule has 2 aromatic carbocycles. The van der Waals surface area contributed by atoms with Gasteiger partial charge in [-0.15, -0.1) is 0 Å². The van der Waals surface area contributed by atoms with Crippen molar-refractivity contribution in [3.63, 3.8) is 0 Å². The van der Waals surface area contributed by atoms with Crippen LogP contribution < -0.4 is 9.62 Å². The van der Waals surface area contributed by atoms with Crippen molar-refractivity contribution in [3.05, 3.63) is 65.8 Å². The summed E-state index contributed by atoms with van der Waals surface area (Å²) in [5, 5.41) is 6.48. The van der Waals surface area contributed by atoms with E-state index >= 15 is 0 Å². The van der Waals surface area contributed by atoms with Crippen molar-refractivity contribution >= 4 is 21.6 Å². The Labute approximate surface area is 173 Å². The Kier molecular flexibility index (Phi) is 6.16. The summed E-state index contributed by atoms with van der Waals surface area (Å²) in [6, 6.07) is 11.3. The van der Waals surface area contributed by atoms with Crippen molar-refractivity contribution in [2.45, 2.75) is 26.4 Å². The van der Waals surface area contributed by atoms with E-state index in [0.29, 0.717) is 5.82 Å². The van der Waals surface area contributed by atoms with Crippen LogP contribution in [-0.2, 0) is 21.4 Å². The Morgan fingerprint density at radius 2 is 1.80 bits per heavy atom. The Bertz CT molecular complexity index is 1130. The SMILES string of the molecule is Cc1ccc(-c2noc(CNC(=O)[C@H](C)N(c3ccc(F)cc3)S(C)(=O)=O)n2)cc1. The Hall–Kier alpha value is -3.27. The molecule has 0 saturated heterocycles. The van der Waals surface area contributed by atoms with Gasteiger partial charge in [0.05, 0.1) is 18.5 Å². The van der Waals surface area contributed by atoms with E-state index in [2.05, 4.69) is 15.5 Å². The number of hydrogen-bond donors (Lipinski definition) is 1. The number of carbonyl (C=O) groups is 1. The molecule has 3 rings (SSSR count). The largest absolute Gasteiger partial charge is 0.345 e. The highest BCUT2D eigenvalue weighted by Crippen LogP contribution is 2.21. The summed E-state index contributed by atoms with van der Waals surface area (Å²) in [5.74, 6) is -0.514. The van der Waals surface area contributed by atoms with E-state index in [9.17, 15) is 17.6 Å². The fraction of sp³-hybridized carbons (Fsp3) is 0.250. The van der Waals surface area contributed by atoms with Crippen LogP contribution in [0.3, 0.4) is 0 Å². The average Bonchev–Trinajstić information content (AvgIpc) is 3.16. The molecule has 0 spiro atoms. The lowest BCUT2D eigenvalue weighted by Gasteiger charge is -2.28. The molecule has 0 aliphatic carbocycles. The summed E-state index contributed by atoms with van der Waals surface area (Å²) < 4.78 is 43.7. The molecule has 10 heteroatoms. The van der Waals surface area contributed by atoms with Crippen LogP contribution in [0.2, 0.25) is 0 Å². The topological polar surface area (TPSA) is 105 Å². The van der Waals surface area contributed by atoms with Gasteiger partial charge < -0.3 is 9.84 Å². The molecular weight excluding hydrogens is 411 g/mol. The summed E-state index contributed by atoms with van der Waals surface area (Å²) in [6.45, 7) is 3.34. The molecular formula is C20H21FN4O4S. The number of hydrogen-bond acceptors (Lipinski definition) is 6. The van der Waals surface area contributed by atoms with Crippen molar-refractivity contribution in [1.82, 2.24) is 15.5 Å². The molecule has 0 unspecified atom stereocenters. The standard InChI is InChI=1S/C20H21FN4O4S/c1-13-4-6-15(7-5-13)19-23-18(29-24-19)12-22-20(26)14(2)25(30(3,27)28)17-10-8-16(21)9-11-17/h4-11,14H,12H2,1-3H3,(H,22,26)/t14-/m0/s1. The minimum absolute atomic E-state index is 0.0664. The maximum absolute atomic E-state index is 13.2. The molecule has 1 aromatic heterocycles. The minimum Gasteiger partial charge on any atom is -0.345 e. The van der Waals surface area contributed by atoms with Crippen LogP contribution in [0.4, 0.5) is 10.1 Å². The van der Waals surface area contributed by atoms with Gasteiger partial charge in [-0.25, -0.2) is 12.8 Å². The van der Waals surface area contributed by atoms with Crippen molar-refractivity contribution in [2.75, 3.05) is 10.6 Å². The van der Waals surface area contributed by atoms with E-state index in [-0.39, 0.29) is 18.1 Å². The number of aryl methyl sites for hydroxylation is 1. The van der Waals surface area contributed by atoms with Gasteiger partial charge in [0.2, 0.25) is 27.6 Å². The average molecular weight is 432 g/mol. The second-order valence-electron chi connectivity index (χ2n) is 6.81. The quantitative estimate of drug-likeness (QED) is 0.615. The highest BCUT2D eigenvalue weighted by Gasteiger charge is 2.29. The molecule has 0 saturated carbocycles. The van der Waals surface area contributed by atoms with Crippen LogP contribution in [-0.4, -0.2) is 36.8 Å². The van der Waals surface area contributed by atoms with Gasteiger partial charge in [-0.3, -0.25) is 9.10 Å². The van der Waals surface area contributed by atoms with Gasteiger partial charge in [-0.2, -0.15) is 4.98 Å². The van der Waals surface area contributed by atoms with Crippen molar-refractivity contribution in [3.8, 4) is 11.4 Å². The van der Waals surface area contributed by atoms with Crippen LogP contribution in [0.5, 0.6) is 0 Å². The van der Waals surface area contributed by atoms with E-state index in [1.54, 1.807) is 0 Å². The number of benzene rings is 2. The summed E-state index contributed by atoms with van der Waals surface area (Å²) >= 11 is 0. The second kappa shape index (κ2) is 8.62. The van der Waals surface area contributed by atoms with Crippen LogP contribution in [0, 0.1) is 12.7 Å². The molecule has 1 heterocycles. The lowest BCUT2D eigenvalue weighted by atomic mass is 10.1. The summed E-state index contributed by atoms with van der Waals surface area (Å²) in [4.78, 5) is 16.8. The smallest absolute Gasteiger partial charge is 0.246 e. The van der Waals surface area contributed by atoms with Crippen LogP contribution >= 0.6 is 0 Å². The van der Waals surface area contributed by atoms with Gasteiger partial charge in [0.15, 0.2) is 0 Å². The van der Waals surface area contributed by atoms with Gasteiger partial charge in [0.25, 0.3) is 0 Å². The van der Waals surface area contributed by atoms with Gasteiger partial charge in [-0.05, 0) is 38.1 Å². The van der Waals surface area contributed by atoms with E-state index in [1.165, 1.54) is 19.1 Å². The number of amides is 1. The predicted molar refractivity (Wildman–Crippen MR) is 110 cm³/mol. The van der Waals surface area contributed by atoms with Crippen molar-refractivity contribution in [2.24, 2.45) is 0 Å². The lowest BCUT2D eigenvalue weighted by Crippen LogP contribution is -2.47. The molecule has 3 aromatic rings. The molecule has 0 fully saturated rings. The fourth-order valence-corrected chi connectivity index (χ4v) is 4.03. The molecule has 8 nitrogen and oxygen atoms in total.